The van der Waals surface area contributed by atoms with Crippen molar-refractivity contribution in [3.8, 4) is 0 Å². The van der Waals surface area contributed by atoms with Crippen LogP contribution < -0.4 is 5.32 Å². The highest BCUT2D eigenvalue weighted by Gasteiger charge is 2.15. The van der Waals surface area contributed by atoms with E-state index in [0.29, 0.717) is 0 Å². The van der Waals surface area contributed by atoms with Crippen LogP contribution in [0.1, 0.15) is 66.7 Å². The first-order valence-electron chi connectivity index (χ1n) is 7.09. The van der Waals surface area contributed by atoms with Crippen molar-refractivity contribution in [1.29, 1.82) is 0 Å². The Morgan fingerprint density at radius 1 is 1.17 bits per heavy atom. The minimum absolute atomic E-state index is 0. The molecule has 0 radical (unpaired) electrons. The summed E-state index contributed by atoms with van der Waals surface area (Å²) in [5, 5.41) is 12.1. The molecule has 0 spiro atoms. The maximum absolute atomic E-state index is 9.94. The van der Waals surface area contributed by atoms with Gasteiger partial charge in [-0.1, -0.05) is 41.0 Å². The van der Waals surface area contributed by atoms with Gasteiger partial charge in [-0.3, -0.25) is 0 Å². The van der Waals surface area contributed by atoms with Gasteiger partial charge in [-0.25, -0.2) is 0 Å². The van der Waals surface area contributed by atoms with Gasteiger partial charge in [0.1, 0.15) is 6.29 Å². The second-order valence-electron chi connectivity index (χ2n) is 4.76. The molecule has 2 fully saturated rings. The summed E-state index contributed by atoms with van der Waals surface area (Å²) in [5.41, 5.74) is 0. The van der Waals surface area contributed by atoms with E-state index in [-0.39, 0.29) is 19.6 Å². The number of hydrogen-bond acceptors (Lipinski definition) is 3. The van der Waals surface area contributed by atoms with E-state index in [1.165, 1.54) is 12.8 Å². The predicted octanol–water partition coefficient (Wildman–Crippen LogP) is 3.16. The molecule has 2 aliphatic rings. The van der Waals surface area contributed by atoms with Crippen molar-refractivity contribution in [3.63, 3.8) is 0 Å². The number of rotatable bonds is 1. The monoisotopic (exact) mass is 259 g/mol. The normalized spacial score (nSPS) is 29.9. The second-order valence-corrected chi connectivity index (χ2v) is 4.76. The molecule has 3 atom stereocenters. The van der Waals surface area contributed by atoms with Gasteiger partial charge in [-0.05, 0) is 38.1 Å². The lowest BCUT2D eigenvalue weighted by Gasteiger charge is -2.21. The van der Waals surface area contributed by atoms with E-state index < -0.39 is 0 Å². The number of hydrogen-bond donors (Lipinski definition) is 2. The van der Waals surface area contributed by atoms with Crippen LogP contribution in [0.2, 0.25) is 0 Å². The van der Waals surface area contributed by atoms with Crippen LogP contribution in [0.25, 0.3) is 0 Å². The molecule has 110 valence electrons. The highest BCUT2D eigenvalue weighted by Crippen LogP contribution is 2.22. The minimum atomic E-state index is 0. The smallest absolute Gasteiger partial charge is 0.136 e. The van der Waals surface area contributed by atoms with Crippen LogP contribution >= 0.6 is 0 Å². The van der Waals surface area contributed by atoms with Gasteiger partial charge in [0, 0.05) is 0 Å². The molecule has 0 aromatic heterocycles. The fourth-order valence-corrected chi connectivity index (χ4v) is 2.23. The van der Waals surface area contributed by atoms with Crippen LogP contribution in [0, 0.1) is 5.92 Å². The molecule has 1 saturated heterocycles. The molecular weight excluding hydrogens is 226 g/mol. The van der Waals surface area contributed by atoms with E-state index >= 15 is 0 Å². The Morgan fingerprint density at radius 3 is 2.11 bits per heavy atom. The zero-order valence-corrected chi connectivity index (χ0v) is 11.6. The fourth-order valence-electron chi connectivity index (χ4n) is 2.23. The molecule has 0 aromatic carbocycles. The highest BCUT2D eigenvalue weighted by atomic mass is 16.3. The number of aliphatic hydroxyl groups excluding tert-OH is 1. The van der Waals surface area contributed by atoms with Crippen molar-refractivity contribution in [2.24, 2.45) is 5.92 Å². The van der Waals surface area contributed by atoms with Crippen molar-refractivity contribution < 1.29 is 9.90 Å². The predicted molar refractivity (Wildman–Crippen MR) is 78.8 cm³/mol. The molecule has 1 saturated carbocycles. The fraction of sp³-hybridized carbons (Fsp3) is 0.933. The molecular formula is C15H33NO2. The molecule has 3 nitrogen and oxygen atoms in total. The summed E-state index contributed by atoms with van der Waals surface area (Å²) in [6.07, 6.45) is 7.78. The SMILES string of the molecule is C.CC.CC1CCCC(O)C1.O=CC1CCCN1. The van der Waals surface area contributed by atoms with Crippen LogP contribution in [0.5, 0.6) is 0 Å². The summed E-state index contributed by atoms with van der Waals surface area (Å²) in [7, 11) is 0. The molecule has 1 heterocycles. The topological polar surface area (TPSA) is 49.3 Å². The molecule has 0 amide bonds. The Kier molecular flexibility index (Phi) is 14.4. The van der Waals surface area contributed by atoms with Crippen LogP contribution in [0.4, 0.5) is 0 Å². The maximum atomic E-state index is 9.94. The van der Waals surface area contributed by atoms with Crippen LogP contribution in [0.3, 0.4) is 0 Å². The number of carbonyl (C=O) groups excluding carboxylic acids is 1. The first kappa shape index (κ1) is 19.9. The minimum Gasteiger partial charge on any atom is -0.393 e. The number of nitrogens with one attached hydrogen (secondary N) is 1. The Bertz CT molecular complexity index is 171. The summed E-state index contributed by atoms with van der Waals surface area (Å²) in [5.74, 6) is 0.763. The Labute approximate surface area is 113 Å². The standard InChI is InChI=1S/C7H14O.C5H9NO.C2H6.CH4/c1-6-3-2-4-7(8)5-6;7-4-5-2-1-3-6-5;1-2;/h6-8H,2-5H2,1H3;4-6H,1-3H2;1-2H3;1H4. The molecule has 3 unspecified atom stereocenters. The summed E-state index contributed by atoms with van der Waals surface area (Å²) >= 11 is 0. The van der Waals surface area contributed by atoms with Gasteiger partial charge < -0.3 is 15.2 Å². The lowest BCUT2D eigenvalue weighted by Crippen LogP contribution is -2.21. The third kappa shape index (κ3) is 9.60. The maximum Gasteiger partial charge on any atom is 0.136 e. The van der Waals surface area contributed by atoms with E-state index in [1.54, 1.807) is 0 Å². The van der Waals surface area contributed by atoms with E-state index in [4.69, 9.17) is 5.11 Å². The third-order valence-corrected chi connectivity index (χ3v) is 3.17. The second kappa shape index (κ2) is 13.0. The summed E-state index contributed by atoms with van der Waals surface area (Å²) < 4.78 is 0. The van der Waals surface area contributed by atoms with Crippen LogP contribution in [-0.2, 0) is 4.79 Å². The molecule has 3 heteroatoms. The third-order valence-electron chi connectivity index (χ3n) is 3.17. The average molecular weight is 259 g/mol. The van der Waals surface area contributed by atoms with Gasteiger partial charge in [-0.2, -0.15) is 0 Å². The Hall–Kier alpha value is -0.410. The number of carbonyl (C=O) groups is 1. The van der Waals surface area contributed by atoms with Crippen LogP contribution in [0.15, 0.2) is 0 Å². The molecule has 2 rings (SSSR count). The lowest BCUT2D eigenvalue weighted by atomic mass is 9.89. The van der Waals surface area contributed by atoms with E-state index in [2.05, 4.69) is 12.2 Å². The van der Waals surface area contributed by atoms with Gasteiger partial charge in [0.2, 0.25) is 0 Å². The van der Waals surface area contributed by atoms with Crippen molar-refractivity contribution in [1.82, 2.24) is 5.32 Å². The molecule has 2 N–H and O–H groups in total. The average Bonchev–Trinajstić information content (AvgIpc) is 2.85. The summed E-state index contributed by atoms with van der Waals surface area (Å²) in [6.45, 7) is 7.23. The summed E-state index contributed by atoms with van der Waals surface area (Å²) in [4.78, 5) is 9.94. The van der Waals surface area contributed by atoms with E-state index in [9.17, 15) is 4.79 Å². The first-order chi connectivity index (χ1) is 8.22. The van der Waals surface area contributed by atoms with E-state index in [1.807, 2.05) is 13.8 Å². The zero-order chi connectivity index (χ0) is 13.1. The number of aliphatic hydroxyl groups is 1. The molecule has 18 heavy (non-hydrogen) atoms. The van der Waals surface area contributed by atoms with Gasteiger partial charge in [0.15, 0.2) is 0 Å². The lowest BCUT2D eigenvalue weighted by molar-refractivity contribution is -0.109. The molecule has 1 aliphatic carbocycles. The van der Waals surface area contributed by atoms with Crippen molar-refractivity contribution >= 4 is 6.29 Å². The molecule has 0 aromatic rings. The van der Waals surface area contributed by atoms with Gasteiger partial charge in [0.25, 0.3) is 0 Å². The van der Waals surface area contributed by atoms with Crippen molar-refractivity contribution in [3.05, 3.63) is 0 Å². The van der Waals surface area contributed by atoms with Gasteiger partial charge in [-0.15, -0.1) is 0 Å². The van der Waals surface area contributed by atoms with Crippen molar-refractivity contribution in [2.75, 3.05) is 6.54 Å². The zero-order valence-electron chi connectivity index (χ0n) is 11.6. The number of aldehydes is 1. The Morgan fingerprint density at radius 2 is 1.83 bits per heavy atom. The quantitative estimate of drug-likeness (QED) is 0.711. The van der Waals surface area contributed by atoms with Crippen LogP contribution in [-0.4, -0.2) is 30.1 Å². The highest BCUT2D eigenvalue weighted by molar-refractivity contribution is 5.57. The molecule has 0 bridgehead atoms. The van der Waals surface area contributed by atoms with E-state index in [0.717, 1.165) is 44.4 Å². The van der Waals surface area contributed by atoms with Crippen molar-refractivity contribution in [2.45, 2.75) is 78.9 Å². The summed E-state index contributed by atoms with van der Waals surface area (Å²) in [6, 6.07) is 0.167. The molecule has 1 aliphatic heterocycles. The van der Waals surface area contributed by atoms with Gasteiger partial charge in [0.05, 0.1) is 12.1 Å². The van der Waals surface area contributed by atoms with Gasteiger partial charge >= 0.3 is 0 Å². The first-order valence-corrected chi connectivity index (χ1v) is 7.09. The Balaban J connectivity index is 0. The largest absolute Gasteiger partial charge is 0.393 e.